The highest BCUT2D eigenvalue weighted by molar-refractivity contribution is 7.18. The minimum Gasteiger partial charge on any atom is -0.508 e. The molecule has 3 aromatic heterocycles. The van der Waals surface area contributed by atoms with Crippen LogP contribution in [-0.4, -0.2) is 44.6 Å². The first kappa shape index (κ1) is 18.8. The van der Waals surface area contributed by atoms with E-state index in [-0.39, 0.29) is 29.9 Å². The molecule has 6 nitrogen and oxygen atoms in total. The van der Waals surface area contributed by atoms with Crippen LogP contribution in [0.25, 0.3) is 26.7 Å². The highest BCUT2D eigenvalue weighted by Gasteiger charge is 2.31. The van der Waals surface area contributed by atoms with Gasteiger partial charge in [0, 0.05) is 18.3 Å². The predicted octanol–water partition coefficient (Wildman–Crippen LogP) is 3.48. The number of aliphatic hydroxyl groups excluding tert-OH is 1. The Bertz CT molecular complexity index is 1320. The van der Waals surface area contributed by atoms with Crippen LogP contribution >= 0.6 is 11.3 Å². The minimum absolute atomic E-state index is 0.0737. The number of rotatable bonds is 3. The largest absolute Gasteiger partial charge is 0.508 e. The number of thiophene rings is 1. The van der Waals surface area contributed by atoms with Gasteiger partial charge in [-0.2, -0.15) is 0 Å². The van der Waals surface area contributed by atoms with Gasteiger partial charge in [0.2, 0.25) is 0 Å². The number of nitrogens with zero attached hydrogens (tertiary/aromatic N) is 2. The van der Waals surface area contributed by atoms with Gasteiger partial charge >= 0.3 is 0 Å². The summed E-state index contributed by atoms with van der Waals surface area (Å²) in [6, 6.07) is 11.7. The number of pyridine rings is 2. The monoisotopic (exact) mass is 420 g/mol. The van der Waals surface area contributed by atoms with E-state index in [2.05, 4.69) is 0 Å². The maximum atomic E-state index is 13.6. The van der Waals surface area contributed by atoms with Crippen LogP contribution in [-0.2, 0) is 0 Å². The van der Waals surface area contributed by atoms with Gasteiger partial charge in [-0.05, 0) is 59.5 Å². The Morgan fingerprint density at radius 2 is 1.97 bits per heavy atom. The molecule has 1 amide bonds. The first-order valence-electron chi connectivity index (χ1n) is 9.85. The molecule has 5 rings (SSSR count). The lowest BCUT2D eigenvalue weighted by Gasteiger charge is -2.24. The summed E-state index contributed by atoms with van der Waals surface area (Å²) in [6.07, 6.45) is 3.33. The smallest absolute Gasteiger partial charge is 0.263 e. The number of aromatic hydroxyl groups is 1. The van der Waals surface area contributed by atoms with Gasteiger partial charge in [0.05, 0.1) is 28.4 Å². The van der Waals surface area contributed by atoms with E-state index < -0.39 is 0 Å². The minimum atomic E-state index is -0.220. The normalized spacial score (nSPS) is 16.6. The maximum Gasteiger partial charge on any atom is 0.263 e. The number of phenolic OH excluding ortho intramolecular Hbond substituents is 1. The molecule has 30 heavy (non-hydrogen) atoms. The molecule has 4 aromatic rings. The Morgan fingerprint density at radius 1 is 1.17 bits per heavy atom. The van der Waals surface area contributed by atoms with E-state index in [9.17, 15) is 19.8 Å². The lowest BCUT2D eigenvalue weighted by molar-refractivity contribution is 0.0679. The van der Waals surface area contributed by atoms with E-state index in [0.29, 0.717) is 28.8 Å². The van der Waals surface area contributed by atoms with Crippen LogP contribution in [0.3, 0.4) is 0 Å². The fourth-order valence-electron chi connectivity index (χ4n) is 4.27. The molecule has 0 aliphatic carbocycles. The predicted molar refractivity (Wildman–Crippen MR) is 117 cm³/mol. The third-order valence-corrected chi connectivity index (χ3v) is 6.74. The number of aromatic nitrogens is 1. The summed E-state index contributed by atoms with van der Waals surface area (Å²) in [5.41, 5.74) is 1.86. The fourth-order valence-corrected chi connectivity index (χ4v) is 5.21. The molecule has 1 aliphatic rings. The van der Waals surface area contributed by atoms with E-state index >= 15 is 0 Å². The number of aliphatic hydroxyl groups is 1. The zero-order chi connectivity index (χ0) is 20.8. The number of amides is 1. The number of phenols is 1. The van der Waals surface area contributed by atoms with Crippen molar-refractivity contribution >= 4 is 32.8 Å². The zero-order valence-corrected chi connectivity index (χ0v) is 16.9. The Balaban J connectivity index is 1.81. The first-order chi connectivity index (χ1) is 14.6. The molecule has 1 fully saturated rings. The van der Waals surface area contributed by atoms with E-state index in [0.717, 1.165) is 22.9 Å². The molecule has 152 valence electrons. The number of likely N-dealkylation sites (tertiary alicyclic amines) is 1. The van der Waals surface area contributed by atoms with Gasteiger partial charge in [-0.1, -0.05) is 12.1 Å². The summed E-state index contributed by atoms with van der Waals surface area (Å²) < 4.78 is 2.42. The van der Waals surface area contributed by atoms with E-state index in [4.69, 9.17) is 0 Å². The summed E-state index contributed by atoms with van der Waals surface area (Å²) in [7, 11) is 0. The average molecular weight is 420 g/mol. The summed E-state index contributed by atoms with van der Waals surface area (Å²) in [5.74, 6) is -0.0657. The third-order valence-electron chi connectivity index (χ3n) is 5.81. The summed E-state index contributed by atoms with van der Waals surface area (Å²) in [6.45, 7) is 0.514. The molecule has 0 spiro atoms. The molecule has 0 bridgehead atoms. The molecule has 0 radical (unpaired) electrons. The van der Waals surface area contributed by atoms with Crippen LogP contribution in [0.4, 0.5) is 0 Å². The van der Waals surface area contributed by atoms with Crippen LogP contribution in [0.5, 0.6) is 5.75 Å². The average Bonchev–Trinajstić information content (AvgIpc) is 3.43. The van der Waals surface area contributed by atoms with Crippen molar-refractivity contribution in [3.8, 4) is 16.9 Å². The number of hydrogen-bond donors (Lipinski definition) is 2. The number of carbonyl (C=O) groups is 1. The lowest BCUT2D eigenvalue weighted by atomic mass is 10.0. The molecule has 1 saturated heterocycles. The molecular weight excluding hydrogens is 400 g/mol. The van der Waals surface area contributed by atoms with Crippen LogP contribution in [0.1, 0.15) is 23.2 Å². The Kier molecular flexibility index (Phi) is 4.56. The van der Waals surface area contributed by atoms with Gasteiger partial charge in [0.1, 0.15) is 5.75 Å². The molecule has 2 N–H and O–H groups in total. The standard InChI is InChI=1S/C23H20N2O4S/c26-13-16-2-1-9-24(16)23(29)19-12-18(14-3-5-17(27)6-4-14)22(28)25-10-7-15-8-11-30-21(15)20(19)25/h3-8,10-12,16,26-27H,1-2,9,13H2. The molecule has 1 atom stereocenters. The topological polar surface area (TPSA) is 82.2 Å². The van der Waals surface area contributed by atoms with E-state index in [1.54, 1.807) is 29.3 Å². The quantitative estimate of drug-likeness (QED) is 0.532. The number of benzene rings is 1. The van der Waals surface area contributed by atoms with Gasteiger partial charge in [-0.15, -0.1) is 11.3 Å². The van der Waals surface area contributed by atoms with Crippen LogP contribution in [0.15, 0.2) is 58.8 Å². The fraction of sp³-hybridized carbons (Fsp3) is 0.217. The molecule has 1 aliphatic heterocycles. The molecule has 1 unspecified atom stereocenters. The SMILES string of the molecule is O=C(c1cc(-c2ccc(O)cc2)c(=O)n2ccc3ccsc3c12)N1CCCC1CO. The molecule has 0 saturated carbocycles. The second-order valence-electron chi connectivity index (χ2n) is 7.54. The van der Waals surface area contributed by atoms with Crippen molar-refractivity contribution in [1.82, 2.24) is 9.30 Å². The van der Waals surface area contributed by atoms with E-state index in [1.165, 1.54) is 27.9 Å². The maximum absolute atomic E-state index is 13.6. The van der Waals surface area contributed by atoms with Crippen molar-refractivity contribution in [3.05, 3.63) is 70.0 Å². The third kappa shape index (κ3) is 2.89. The zero-order valence-electron chi connectivity index (χ0n) is 16.1. The van der Waals surface area contributed by atoms with Crippen LogP contribution in [0.2, 0.25) is 0 Å². The lowest BCUT2D eigenvalue weighted by Crippen LogP contribution is -2.38. The summed E-state index contributed by atoms with van der Waals surface area (Å²) >= 11 is 1.50. The summed E-state index contributed by atoms with van der Waals surface area (Å²) in [5, 5.41) is 22.3. The highest BCUT2D eigenvalue weighted by atomic mass is 32.1. The van der Waals surface area contributed by atoms with Gasteiger partial charge in [-0.3, -0.25) is 14.0 Å². The van der Waals surface area contributed by atoms with Gasteiger partial charge < -0.3 is 15.1 Å². The van der Waals surface area contributed by atoms with Crippen molar-refractivity contribution in [2.45, 2.75) is 18.9 Å². The number of hydrogen-bond acceptors (Lipinski definition) is 5. The number of carbonyl (C=O) groups excluding carboxylic acids is 1. The molecular formula is C23H20N2O4S. The highest BCUT2D eigenvalue weighted by Crippen LogP contribution is 2.31. The van der Waals surface area contributed by atoms with Crippen molar-refractivity contribution in [2.75, 3.05) is 13.2 Å². The van der Waals surface area contributed by atoms with Crippen molar-refractivity contribution in [2.24, 2.45) is 0 Å². The number of fused-ring (bicyclic) bond motifs is 3. The first-order valence-corrected chi connectivity index (χ1v) is 10.7. The van der Waals surface area contributed by atoms with Crippen LogP contribution in [0, 0.1) is 0 Å². The van der Waals surface area contributed by atoms with E-state index in [1.807, 2.05) is 17.5 Å². The Hall–Kier alpha value is -3.16. The van der Waals surface area contributed by atoms with Crippen LogP contribution < -0.4 is 5.56 Å². The van der Waals surface area contributed by atoms with Gasteiger partial charge in [0.15, 0.2) is 0 Å². The second-order valence-corrected chi connectivity index (χ2v) is 8.46. The molecule has 4 heterocycles. The van der Waals surface area contributed by atoms with Crippen molar-refractivity contribution in [1.29, 1.82) is 0 Å². The molecule has 7 heteroatoms. The van der Waals surface area contributed by atoms with Crippen molar-refractivity contribution in [3.63, 3.8) is 0 Å². The second kappa shape index (κ2) is 7.27. The Morgan fingerprint density at radius 3 is 2.73 bits per heavy atom. The van der Waals surface area contributed by atoms with Gasteiger partial charge in [0.25, 0.3) is 11.5 Å². The summed E-state index contributed by atoms with van der Waals surface area (Å²) in [4.78, 5) is 28.7. The Labute approximate surface area is 176 Å². The molecule has 1 aromatic carbocycles. The van der Waals surface area contributed by atoms with Crippen molar-refractivity contribution < 1.29 is 15.0 Å². The van der Waals surface area contributed by atoms with Gasteiger partial charge in [-0.25, -0.2) is 0 Å².